The van der Waals surface area contributed by atoms with Crippen molar-refractivity contribution in [2.45, 2.75) is 13.3 Å². The molecule has 4 nitrogen and oxygen atoms in total. The molecular weight excluding hydrogens is 206 g/mol. The van der Waals surface area contributed by atoms with Gasteiger partial charge >= 0.3 is 0 Å². The number of aromatic hydroxyl groups is 1. The van der Waals surface area contributed by atoms with Gasteiger partial charge in [-0.25, -0.2) is 0 Å². The van der Waals surface area contributed by atoms with Crippen LogP contribution >= 0.6 is 0 Å². The maximum atomic E-state index is 11.3. The summed E-state index contributed by atoms with van der Waals surface area (Å²) in [5.74, 6) is -0.173. The Morgan fingerprint density at radius 1 is 1.25 bits per heavy atom. The lowest BCUT2D eigenvalue weighted by atomic mass is 10.1. The Kier molecular flexibility index (Phi) is 2.48. The number of hydrogen-bond donors (Lipinski definition) is 2. The molecule has 16 heavy (non-hydrogen) atoms. The van der Waals surface area contributed by atoms with Crippen LogP contribution in [0.25, 0.3) is 10.9 Å². The molecule has 2 N–H and O–H groups in total. The molecule has 0 fully saturated rings. The summed E-state index contributed by atoms with van der Waals surface area (Å²) in [7, 11) is 0. The van der Waals surface area contributed by atoms with Crippen molar-refractivity contribution in [2.75, 3.05) is 0 Å². The normalized spacial score (nSPS) is 10.6. The molecule has 1 aromatic heterocycles. The van der Waals surface area contributed by atoms with Crippen molar-refractivity contribution < 1.29 is 5.11 Å². The first-order valence-corrected chi connectivity index (χ1v) is 5.01. The topological polar surface area (TPSA) is 70.2 Å². The average Bonchev–Trinajstić information content (AvgIpc) is 2.38. The van der Waals surface area contributed by atoms with E-state index in [-0.39, 0.29) is 5.75 Å². The summed E-state index contributed by atoms with van der Waals surface area (Å²) in [4.78, 5) is 24.9. The molecule has 0 saturated heterocycles. The molecule has 0 amide bonds. The smallest absolute Gasteiger partial charge is 0.296 e. The summed E-state index contributed by atoms with van der Waals surface area (Å²) in [6.07, 6.45) is 0.822. The molecule has 2 aromatic rings. The molecule has 0 unspecified atom stereocenters. The van der Waals surface area contributed by atoms with Crippen molar-refractivity contribution in [3.8, 4) is 5.75 Å². The Hall–Kier alpha value is -2.10. The fourth-order valence-corrected chi connectivity index (χ4v) is 1.58. The summed E-state index contributed by atoms with van der Waals surface area (Å²) in [6, 6.07) is 6.25. The van der Waals surface area contributed by atoms with Gasteiger partial charge in [0.15, 0.2) is 0 Å². The van der Waals surface area contributed by atoms with Gasteiger partial charge in [0.25, 0.3) is 5.56 Å². The monoisotopic (exact) mass is 217 g/mol. The molecule has 0 aliphatic heterocycles. The molecule has 1 heterocycles. The molecule has 1 aromatic carbocycles. The zero-order chi connectivity index (χ0) is 11.7. The maximum absolute atomic E-state index is 11.3. The van der Waals surface area contributed by atoms with Crippen LogP contribution in [-0.4, -0.2) is 10.1 Å². The van der Waals surface area contributed by atoms with Gasteiger partial charge in [-0.2, -0.15) is 0 Å². The van der Waals surface area contributed by atoms with Gasteiger partial charge in [0.05, 0.1) is 5.52 Å². The highest BCUT2D eigenvalue weighted by atomic mass is 16.3. The molecule has 0 atom stereocenters. The molecule has 0 radical (unpaired) electrons. The third kappa shape index (κ3) is 1.69. The Labute approximate surface area is 91.2 Å². The first kappa shape index (κ1) is 10.4. The molecule has 4 heteroatoms. The number of rotatable bonds is 1. The first-order valence-electron chi connectivity index (χ1n) is 5.01. The van der Waals surface area contributed by atoms with E-state index in [1.54, 1.807) is 12.1 Å². The molecule has 0 aliphatic carbocycles. The Morgan fingerprint density at radius 3 is 2.69 bits per heavy atom. The maximum Gasteiger partial charge on any atom is 0.296 e. The zero-order valence-corrected chi connectivity index (χ0v) is 8.78. The van der Waals surface area contributed by atoms with E-state index < -0.39 is 11.0 Å². The van der Waals surface area contributed by atoms with Gasteiger partial charge in [-0.05, 0) is 24.1 Å². The highest BCUT2D eigenvalue weighted by Gasteiger charge is 2.03. The Morgan fingerprint density at radius 2 is 2.00 bits per heavy atom. The number of fused-ring (bicyclic) bond motifs is 1. The van der Waals surface area contributed by atoms with Gasteiger partial charge < -0.3 is 10.1 Å². The average molecular weight is 217 g/mol. The second kappa shape index (κ2) is 3.81. The second-order valence-electron chi connectivity index (χ2n) is 3.58. The number of aromatic amines is 1. The van der Waals surface area contributed by atoms with E-state index in [9.17, 15) is 14.7 Å². The third-order valence-corrected chi connectivity index (χ3v) is 2.51. The van der Waals surface area contributed by atoms with Crippen molar-refractivity contribution in [3.63, 3.8) is 0 Å². The van der Waals surface area contributed by atoms with Gasteiger partial charge in [0.1, 0.15) is 5.75 Å². The molecule has 0 bridgehead atoms. The predicted octanol–water partition coefficient (Wildman–Crippen LogP) is 1.16. The van der Waals surface area contributed by atoms with Gasteiger partial charge in [-0.15, -0.1) is 0 Å². The van der Waals surface area contributed by atoms with E-state index in [4.69, 9.17) is 0 Å². The standard InChI is InChI=1S/C12H11NO3/c1-2-7-3-4-9-8(5-7)10(14)6-11(15)12(16)13-9/h3-6,14H,2H2,1H3,(H,13,15,16). The van der Waals surface area contributed by atoms with Gasteiger partial charge in [0, 0.05) is 11.5 Å². The molecule has 82 valence electrons. The van der Waals surface area contributed by atoms with Crippen molar-refractivity contribution in [1.29, 1.82) is 0 Å². The van der Waals surface area contributed by atoms with Crippen LogP contribution in [0, 0.1) is 0 Å². The number of H-pyrrole nitrogens is 1. The molecule has 0 saturated carbocycles. The van der Waals surface area contributed by atoms with Crippen LogP contribution in [0.15, 0.2) is 33.9 Å². The van der Waals surface area contributed by atoms with E-state index in [0.29, 0.717) is 10.9 Å². The number of hydrogen-bond acceptors (Lipinski definition) is 3. The first-order chi connectivity index (χ1) is 7.61. The minimum Gasteiger partial charge on any atom is -0.507 e. The van der Waals surface area contributed by atoms with E-state index in [1.165, 1.54) is 0 Å². The number of aromatic nitrogens is 1. The van der Waals surface area contributed by atoms with Crippen LogP contribution in [0.2, 0.25) is 0 Å². The minimum absolute atomic E-state index is 0.173. The number of aryl methyl sites for hydroxylation is 1. The van der Waals surface area contributed by atoms with Crippen molar-refractivity contribution in [3.05, 3.63) is 50.4 Å². The summed E-state index contributed by atoms with van der Waals surface area (Å²) >= 11 is 0. The summed E-state index contributed by atoms with van der Waals surface area (Å²) in [6.45, 7) is 1.99. The van der Waals surface area contributed by atoms with E-state index in [2.05, 4.69) is 4.98 Å². The van der Waals surface area contributed by atoms with E-state index >= 15 is 0 Å². The highest BCUT2D eigenvalue weighted by molar-refractivity contribution is 5.84. The largest absolute Gasteiger partial charge is 0.507 e. The number of nitrogens with one attached hydrogen (secondary N) is 1. The predicted molar refractivity (Wildman–Crippen MR) is 61.9 cm³/mol. The number of benzene rings is 1. The molecular formula is C12H11NO3. The van der Waals surface area contributed by atoms with Crippen LogP contribution in [0.4, 0.5) is 0 Å². The minimum atomic E-state index is -0.744. The van der Waals surface area contributed by atoms with Gasteiger partial charge in [-0.1, -0.05) is 13.0 Å². The molecule has 0 spiro atoms. The van der Waals surface area contributed by atoms with Crippen molar-refractivity contribution in [2.24, 2.45) is 0 Å². The summed E-state index contributed by atoms with van der Waals surface area (Å²) in [5.41, 5.74) is 0.0189. The lowest BCUT2D eigenvalue weighted by Gasteiger charge is -1.99. The zero-order valence-electron chi connectivity index (χ0n) is 8.78. The lowest BCUT2D eigenvalue weighted by molar-refractivity contribution is 0.481. The van der Waals surface area contributed by atoms with Crippen LogP contribution in [-0.2, 0) is 6.42 Å². The van der Waals surface area contributed by atoms with E-state index in [0.717, 1.165) is 18.1 Å². The van der Waals surface area contributed by atoms with Crippen LogP contribution in [0.5, 0.6) is 5.75 Å². The fraction of sp³-hybridized carbons (Fsp3) is 0.167. The quantitative estimate of drug-likeness (QED) is 0.704. The second-order valence-corrected chi connectivity index (χ2v) is 3.58. The lowest BCUT2D eigenvalue weighted by Crippen LogP contribution is -2.22. The fourth-order valence-electron chi connectivity index (χ4n) is 1.58. The van der Waals surface area contributed by atoms with Crippen molar-refractivity contribution in [1.82, 2.24) is 4.98 Å². The van der Waals surface area contributed by atoms with Gasteiger partial charge in [-0.3, -0.25) is 9.59 Å². The summed E-state index contributed by atoms with van der Waals surface area (Å²) < 4.78 is 0. The highest BCUT2D eigenvalue weighted by Crippen LogP contribution is 2.20. The summed E-state index contributed by atoms with van der Waals surface area (Å²) in [5, 5.41) is 10.2. The van der Waals surface area contributed by atoms with E-state index in [1.807, 2.05) is 13.0 Å². The van der Waals surface area contributed by atoms with Crippen LogP contribution < -0.4 is 11.0 Å². The molecule has 2 rings (SSSR count). The SMILES string of the molecule is CCc1ccc2[nH]c(=O)c(=O)cc(O)c2c1. The van der Waals surface area contributed by atoms with Gasteiger partial charge in [0.2, 0.25) is 5.43 Å². The van der Waals surface area contributed by atoms with Crippen molar-refractivity contribution >= 4 is 10.9 Å². The van der Waals surface area contributed by atoms with Crippen LogP contribution in [0.1, 0.15) is 12.5 Å². The molecule has 0 aliphatic rings. The Balaban J connectivity index is 2.98. The Bertz CT molecular complexity index is 658. The van der Waals surface area contributed by atoms with Crippen LogP contribution in [0.3, 0.4) is 0 Å². The third-order valence-electron chi connectivity index (χ3n) is 2.51.